The molecule has 0 fully saturated rings. The smallest absolute Gasteiger partial charge is 0.189 e. The lowest BCUT2D eigenvalue weighted by Crippen LogP contribution is -1.93. The monoisotopic (exact) mass is 254 g/mol. The highest BCUT2D eigenvalue weighted by Crippen LogP contribution is 2.17. The molecule has 0 radical (unpaired) electrons. The molecule has 2 aromatic carbocycles. The van der Waals surface area contributed by atoms with Gasteiger partial charge in [0.25, 0.3) is 0 Å². The van der Waals surface area contributed by atoms with Crippen LogP contribution < -0.4 is 0 Å². The maximum atomic E-state index is 11.8. The van der Waals surface area contributed by atoms with Crippen LogP contribution in [-0.4, -0.2) is 10.9 Å². The maximum absolute atomic E-state index is 11.8. The van der Waals surface area contributed by atoms with E-state index in [1.54, 1.807) is 24.3 Å². The molecule has 19 heavy (non-hydrogen) atoms. The zero-order chi connectivity index (χ0) is 14.1. The quantitative estimate of drug-likeness (QED) is 0.654. The fourth-order valence-electron chi connectivity index (χ4n) is 1.51. The second-order valence-electron chi connectivity index (χ2n) is 3.63. The molecule has 0 aliphatic carbocycles. The third kappa shape index (κ3) is 4.43. The molecular formula is C17H18O2. The summed E-state index contributed by atoms with van der Waals surface area (Å²) < 4.78 is 0. The first-order valence-electron chi connectivity index (χ1n) is 6.33. The molecular weight excluding hydrogens is 236 g/mol. The number of ketones is 1. The Hall–Kier alpha value is -2.35. The lowest BCUT2D eigenvalue weighted by molar-refractivity contribution is 0.104. The van der Waals surface area contributed by atoms with Crippen molar-refractivity contribution in [3.05, 3.63) is 71.8 Å². The van der Waals surface area contributed by atoms with Crippen molar-refractivity contribution in [3.8, 4) is 5.75 Å². The van der Waals surface area contributed by atoms with Crippen molar-refractivity contribution in [1.82, 2.24) is 0 Å². The van der Waals surface area contributed by atoms with E-state index in [1.165, 1.54) is 12.1 Å². The highest BCUT2D eigenvalue weighted by atomic mass is 16.3. The van der Waals surface area contributed by atoms with Crippen LogP contribution in [0, 0.1) is 0 Å². The van der Waals surface area contributed by atoms with E-state index in [4.69, 9.17) is 0 Å². The average molecular weight is 254 g/mol. The number of hydrogen-bond donors (Lipinski definition) is 1. The summed E-state index contributed by atoms with van der Waals surface area (Å²) in [6.07, 6.45) is 3.19. The van der Waals surface area contributed by atoms with Crippen LogP contribution in [0.2, 0.25) is 0 Å². The van der Waals surface area contributed by atoms with Gasteiger partial charge in [-0.3, -0.25) is 4.79 Å². The molecule has 0 bridgehead atoms. The number of carbonyl (C=O) groups is 1. The fraction of sp³-hybridized carbons (Fsp3) is 0.118. The van der Waals surface area contributed by atoms with Crippen LogP contribution in [-0.2, 0) is 0 Å². The normalized spacial score (nSPS) is 9.79. The molecule has 2 heteroatoms. The number of benzene rings is 2. The van der Waals surface area contributed by atoms with Crippen LogP contribution in [0.4, 0.5) is 0 Å². The van der Waals surface area contributed by atoms with Gasteiger partial charge in [0.2, 0.25) is 0 Å². The van der Waals surface area contributed by atoms with Crippen molar-refractivity contribution < 1.29 is 9.90 Å². The van der Waals surface area contributed by atoms with E-state index in [0.717, 1.165) is 5.56 Å². The summed E-state index contributed by atoms with van der Waals surface area (Å²) in [4.78, 5) is 11.8. The number of carbonyl (C=O) groups excluding carboxylic acids is 1. The number of phenols is 1. The maximum Gasteiger partial charge on any atom is 0.189 e. The molecule has 0 atom stereocenters. The van der Waals surface area contributed by atoms with Gasteiger partial charge in [-0.25, -0.2) is 0 Å². The topological polar surface area (TPSA) is 37.3 Å². The SMILES string of the molecule is CC.O=C(/C=C/c1ccccc1)c1ccccc1O. The van der Waals surface area contributed by atoms with Crippen molar-refractivity contribution in [1.29, 1.82) is 0 Å². The van der Waals surface area contributed by atoms with Crippen LogP contribution in [0.3, 0.4) is 0 Å². The molecule has 0 unspecified atom stereocenters. The van der Waals surface area contributed by atoms with Crippen molar-refractivity contribution >= 4 is 11.9 Å². The molecule has 1 N–H and O–H groups in total. The molecule has 0 spiro atoms. The summed E-state index contributed by atoms with van der Waals surface area (Å²) in [7, 11) is 0. The third-order valence-corrected chi connectivity index (χ3v) is 2.40. The van der Waals surface area contributed by atoms with Crippen LogP contribution >= 0.6 is 0 Å². The van der Waals surface area contributed by atoms with E-state index < -0.39 is 0 Å². The zero-order valence-electron chi connectivity index (χ0n) is 11.2. The van der Waals surface area contributed by atoms with E-state index in [2.05, 4.69) is 0 Å². The number of para-hydroxylation sites is 1. The molecule has 0 aromatic heterocycles. The minimum atomic E-state index is -0.202. The first kappa shape index (κ1) is 14.7. The van der Waals surface area contributed by atoms with E-state index in [9.17, 15) is 9.90 Å². The minimum absolute atomic E-state index is 0.00946. The van der Waals surface area contributed by atoms with Gasteiger partial charge in [-0.2, -0.15) is 0 Å². The van der Waals surface area contributed by atoms with Gasteiger partial charge in [0.05, 0.1) is 5.56 Å². The summed E-state index contributed by atoms with van der Waals surface area (Å²) in [6, 6.07) is 16.1. The van der Waals surface area contributed by atoms with Crippen LogP contribution in [0.15, 0.2) is 60.7 Å². The molecule has 0 saturated heterocycles. The van der Waals surface area contributed by atoms with E-state index in [0.29, 0.717) is 5.56 Å². The number of allylic oxidation sites excluding steroid dienone is 1. The van der Waals surface area contributed by atoms with E-state index in [1.807, 2.05) is 44.2 Å². The number of hydrogen-bond acceptors (Lipinski definition) is 2. The van der Waals surface area contributed by atoms with Gasteiger partial charge < -0.3 is 5.11 Å². The number of phenolic OH excluding ortho intramolecular Hbond substituents is 1. The van der Waals surface area contributed by atoms with Crippen molar-refractivity contribution in [3.63, 3.8) is 0 Å². The molecule has 2 aromatic rings. The summed E-state index contributed by atoms with van der Waals surface area (Å²) in [6.45, 7) is 4.00. The molecule has 0 aliphatic rings. The van der Waals surface area contributed by atoms with Gasteiger partial charge in [-0.05, 0) is 23.8 Å². The largest absolute Gasteiger partial charge is 0.507 e. The van der Waals surface area contributed by atoms with Gasteiger partial charge in [0.15, 0.2) is 5.78 Å². The molecule has 0 saturated carbocycles. The standard InChI is InChI=1S/C15H12O2.C2H6/c16-14-9-5-4-8-13(14)15(17)11-10-12-6-2-1-3-7-12;1-2/h1-11,16H;1-2H3/b11-10+;. The zero-order valence-corrected chi connectivity index (χ0v) is 11.2. The third-order valence-electron chi connectivity index (χ3n) is 2.40. The van der Waals surface area contributed by atoms with Crippen molar-refractivity contribution in [2.24, 2.45) is 0 Å². The minimum Gasteiger partial charge on any atom is -0.507 e. The number of rotatable bonds is 3. The lowest BCUT2D eigenvalue weighted by atomic mass is 10.1. The van der Waals surface area contributed by atoms with Gasteiger partial charge in [-0.1, -0.05) is 62.4 Å². The Morgan fingerprint density at radius 3 is 2.16 bits per heavy atom. The van der Waals surface area contributed by atoms with Crippen molar-refractivity contribution in [2.45, 2.75) is 13.8 Å². The molecule has 98 valence electrons. The Morgan fingerprint density at radius 1 is 0.947 bits per heavy atom. The highest BCUT2D eigenvalue weighted by Gasteiger charge is 2.05. The van der Waals surface area contributed by atoms with Gasteiger partial charge >= 0.3 is 0 Å². The summed E-state index contributed by atoms with van der Waals surface area (Å²) >= 11 is 0. The molecule has 2 rings (SSSR count). The molecule has 0 heterocycles. The lowest BCUT2D eigenvalue weighted by Gasteiger charge is -1.98. The van der Waals surface area contributed by atoms with Crippen LogP contribution in [0.5, 0.6) is 5.75 Å². The summed E-state index contributed by atoms with van der Waals surface area (Å²) in [5.74, 6) is -0.192. The van der Waals surface area contributed by atoms with E-state index in [-0.39, 0.29) is 11.5 Å². The van der Waals surface area contributed by atoms with E-state index >= 15 is 0 Å². The predicted octanol–water partition coefficient (Wildman–Crippen LogP) is 4.31. The number of aromatic hydroxyl groups is 1. The fourth-order valence-corrected chi connectivity index (χ4v) is 1.51. The van der Waals surface area contributed by atoms with Crippen LogP contribution in [0.1, 0.15) is 29.8 Å². The second-order valence-corrected chi connectivity index (χ2v) is 3.63. The van der Waals surface area contributed by atoms with Gasteiger partial charge in [0, 0.05) is 0 Å². The molecule has 2 nitrogen and oxygen atoms in total. The first-order valence-corrected chi connectivity index (χ1v) is 6.33. The van der Waals surface area contributed by atoms with Crippen LogP contribution in [0.25, 0.3) is 6.08 Å². The Bertz CT molecular complexity index is 542. The summed E-state index contributed by atoms with van der Waals surface area (Å²) in [5, 5.41) is 9.52. The Balaban J connectivity index is 0.000000861. The Labute approximate surface area is 114 Å². The molecule has 0 amide bonds. The molecule has 0 aliphatic heterocycles. The van der Waals surface area contributed by atoms with Gasteiger partial charge in [-0.15, -0.1) is 0 Å². The summed E-state index contributed by atoms with van der Waals surface area (Å²) in [5.41, 5.74) is 1.27. The van der Waals surface area contributed by atoms with Gasteiger partial charge in [0.1, 0.15) is 5.75 Å². The second kappa shape index (κ2) is 7.88. The predicted molar refractivity (Wildman–Crippen MR) is 79.3 cm³/mol. The van der Waals surface area contributed by atoms with Crippen molar-refractivity contribution in [2.75, 3.05) is 0 Å². The Kier molecular flexibility index (Phi) is 6.10. The average Bonchev–Trinajstić information content (AvgIpc) is 2.48. The first-order chi connectivity index (χ1) is 9.27. The highest BCUT2D eigenvalue weighted by molar-refractivity contribution is 6.08. The Morgan fingerprint density at radius 2 is 1.53 bits per heavy atom.